The summed E-state index contributed by atoms with van der Waals surface area (Å²) in [5.41, 5.74) is 2.09. The highest BCUT2D eigenvalue weighted by Gasteiger charge is 2.33. The molecule has 2 heteroatoms. The number of fused-ring (bicyclic) bond motifs is 1. The predicted molar refractivity (Wildman–Crippen MR) is 49.0 cm³/mol. The number of halogens is 1. The zero-order valence-electron chi connectivity index (χ0n) is 7.39. The molecule has 2 aliphatic carbocycles. The summed E-state index contributed by atoms with van der Waals surface area (Å²) in [6.45, 7) is 0. The van der Waals surface area contributed by atoms with Crippen LogP contribution in [0.15, 0.2) is 18.2 Å². The van der Waals surface area contributed by atoms with Gasteiger partial charge < -0.3 is 5.32 Å². The molecule has 1 atom stereocenters. The summed E-state index contributed by atoms with van der Waals surface area (Å²) in [5, 5.41) is 3.45. The normalized spacial score (nSPS) is 25.2. The third-order valence-electron chi connectivity index (χ3n) is 2.93. The quantitative estimate of drug-likeness (QED) is 0.730. The first-order valence-corrected chi connectivity index (χ1v) is 4.88. The van der Waals surface area contributed by atoms with Crippen LogP contribution in [-0.4, -0.2) is 6.04 Å². The molecule has 1 aromatic carbocycles. The first-order chi connectivity index (χ1) is 6.34. The maximum atomic E-state index is 13.3. The van der Waals surface area contributed by atoms with E-state index in [1.165, 1.54) is 18.4 Å². The number of nitrogens with one attached hydrogen (secondary N) is 1. The van der Waals surface area contributed by atoms with Crippen molar-refractivity contribution in [3.8, 4) is 0 Å². The van der Waals surface area contributed by atoms with Crippen LogP contribution in [0, 0.1) is 5.82 Å². The van der Waals surface area contributed by atoms with Gasteiger partial charge in [0.1, 0.15) is 5.82 Å². The van der Waals surface area contributed by atoms with E-state index < -0.39 is 0 Å². The molecule has 2 aliphatic rings. The zero-order valence-corrected chi connectivity index (χ0v) is 7.39. The van der Waals surface area contributed by atoms with Crippen molar-refractivity contribution in [2.75, 3.05) is 0 Å². The highest BCUT2D eigenvalue weighted by Crippen LogP contribution is 2.37. The fourth-order valence-corrected chi connectivity index (χ4v) is 2.02. The second-order valence-electron chi connectivity index (χ2n) is 4.01. The Morgan fingerprint density at radius 1 is 1.31 bits per heavy atom. The van der Waals surface area contributed by atoms with E-state index in [0.717, 1.165) is 12.0 Å². The molecule has 1 nitrogen and oxygen atoms in total. The molecule has 1 saturated carbocycles. The van der Waals surface area contributed by atoms with Gasteiger partial charge in [-0.3, -0.25) is 0 Å². The van der Waals surface area contributed by atoms with Crippen LogP contribution in [-0.2, 0) is 6.42 Å². The number of hydrogen-bond donors (Lipinski definition) is 1. The molecule has 0 radical (unpaired) electrons. The molecule has 13 heavy (non-hydrogen) atoms. The summed E-state index contributed by atoms with van der Waals surface area (Å²) in [6.07, 6.45) is 3.53. The van der Waals surface area contributed by atoms with Crippen LogP contribution < -0.4 is 5.32 Å². The van der Waals surface area contributed by atoms with Crippen LogP contribution in [0.4, 0.5) is 4.39 Å². The minimum atomic E-state index is -0.0399. The Hall–Kier alpha value is -0.890. The second-order valence-corrected chi connectivity index (χ2v) is 4.01. The SMILES string of the molecule is Fc1cccc2c1C(NC1CC1)C2. The lowest BCUT2D eigenvalue weighted by molar-refractivity contribution is 0.446. The summed E-state index contributed by atoms with van der Waals surface area (Å²) in [6, 6.07) is 6.33. The lowest BCUT2D eigenvalue weighted by Crippen LogP contribution is -2.33. The van der Waals surface area contributed by atoms with Crippen molar-refractivity contribution in [3.63, 3.8) is 0 Å². The van der Waals surface area contributed by atoms with Gasteiger partial charge in [-0.15, -0.1) is 0 Å². The predicted octanol–water partition coefficient (Wildman–Crippen LogP) is 2.17. The maximum absolute atomic E-state index is 13.3. The Bertz CT molecular complexity index is 330. The van der Waals surface area contributed by atoms with Gasteiger partial charge >= 0.3 is 0 Å². The van der Waals surface area contributed by atoms with Crippen molar-refractivity contribution >= 4 is 0 Å². The summed E-state index contributed by atoms with van der Waals surface area (Å²) >= 11 is 0. The molecule has 0 heterocycles. The summed E-state index contributed by atoms with van der Waals surface area (Å²) in [7, 11) is 0. The lowest BCUT2D eigenvalue weighted by atomic mass is 9.83. The summed E-state index contributed by atoms with van der Waals surface area (Å²) < 4.78 is 13.3. The van der Waals surface area contributed by atoms with Crippen molar-refractivity contribution in [1.82, 2.24) is 5.32 Å². The van der Waals surface area contributed by atoms with Crippen LogP contribution >= 0.6 is 0 Å². The molecular weight excluding hydrogens is 165 g/mol. The Balaban J connectivity index is 1.85. The van der Waals surface area contributed by atoms with Gasteiger partial charge in [-0.1, -0.05) is 12.1 Å². The van der Waals surface area contributed by atoms with E-state index in [0.29, 0.717) is 12.1 Å². The fourth-order valence-electron chi connectivity index (χ4n) is 2.02. The first kappa shape index (κ1) is 7.51. The van der Waals surface area contributed by atoms with Gasteiger partial charge in [-0.05, 0) is 30.9 Å². The highest BCUT2D eigenvalue weighted by molar-refractivity contribution is 5.40. The van der Waals surface area contributed by atoms with E-state index in [-0.39, 0.29) is 5.82 Å². The molecule has 68 valence electrons. The Morgan fingerprint density at radius 2 is 2.15 bits per heavy atom. The van der Waals surface area contributed by atoms with E-state index in [4.69, 9.17) is 0 Å². The third kappa shape index (κ3) is 1.17. The van der Waals surface area contributed by atoms with Gasteiger partial charge in [-0.2, -0.15) is 0 Å². The highest BCUT2D eigenvalue weighted by atomic mass is 19.1. The fraction of sp³-hybridized carbons (Fsp3) is 0.455. The molecule has 1 fully saturated rings. The van der Waals surface area contributed by atoms with Crippen molar-refractivity contribution in [3.05, 3.63) is 35.1 Å². The molecule has 0 spiro atoms. The topological polar surface area (TPSA) is 12.0 Å². The number of hydrogen-bond acceptors (Lipinski definition) is 1. The zero-order chi connectivity index (χ0) is 8.84. The first-order valence-electron chi connectivity index (χ1n) is 4.88. The van der Waals surface area contributed by atoms with Crippen molar-refractivity contribution in [2.24, 2.45) is 0 Å². The Labute approximate surface area is 77.0 Å². The second kappa shape index (κ2) is 2.55. The average Bonchev–Trinajstić information content (AvgIpc) is 2.83. The van der Waals surface area contributed by atoms with E-state index in [1.807, 2.05) is 6.07 Å². The van der Waals surface area contributed by atoms with E-state index >= 15 is 0 Å². The molecule has 0 aliphatic heterocycles. The van der Waals surface area contributed by atoms with Crippen molar-refractivity contribution < 1.29 is 4.39 Å². The Morgan fingerprint density at radius 3 is 2.85 bits per heavy atom. The number of benzene rings is 1. The molecule has 1 N–H and O–H groups in total. The van der Waals surface area contributed by atoms with Gasteiger partial charge in [0.15, 0.2) is 0 Å². The standard InChI is InChI=1S/C11H12FN/c12-9-3-1-2-7-6-10(11(7)9)13-8-4-5-8/h1-3,8,10,13H,4-6H2. The van der Waals surface area contributed by atoms with Gasteiger partial charge in [0.2, 0.25) is 0 Å². The monoisotopic (exact) mass is 177 g/mol. The van der Waals surface area contributed by atoms with Crippen molar-refractivity contribution in [1.29, 1.82) is 0 Å². The molecule has 1 unspecified atom stereocenters. The van der Waals surface area contributed by atoms with E-state index in [2.05, 4.69) is 5.32 Å². The average molecular weight is 177 g/mol. The molecule has 0 amide bonds. The number of rotatable bonds is 2. The third-order valence-corrected chi connectivity index (χ3v) is 2.93. The van der Waals surface area contributed by atoms with Crippen LogP contribution in [0.2, 0.25) is 0 Å². The molecule has 0 saturated heterocycles. The van der Waals surface area contributed by atoms with Crippen molar-refractivity contribution in [2.45, 2.75) is 31.3 Å². The minimum absolute atomic E-state index is 0.0399. The molecular formula is C11H12FN. The molecule has 0 aromatic heterocycles. The van der Waals surface area contributed by atoms with E-state index in [1.54, 1.807) is 12.1 Å². The van der Waals surface area contributed by atoms with Crippen LogP contribution in [0.1, 0.15) is 30.0 Å². The maximum Gasteiger partial charge on any atom is 0.128 e. The lowest BCUT2D eigenvalue weighted by Gasteiger charge is -2.31. The summed E-state index contributed by atoms with van der Waals surface area (Å²) in [4.78, 5) is 0. The summed E-state index contributed by atoms with van der Waals surface area (Å²) in [5.74, 6) is -0.0399. The van der Waals surface area contributed by atoms with Gasteiger partial charge in [0.25, 0.3) is 0 Å². The van der Waals surface area contributed by atoms with Gasteiger partial charge in [-0.25, -0.2) is 4.39 Å². The molecule has 1 aromatic rings. The smallest absolute Gasteiger partial charge is 0.128 e. The van der Waals surface area contributed by atoms with Gasteiger partial charge in [0.05, 0.1) is 0 Å². The van der Waals surface area contributed by atoms with Crippen LogP contribution in [0.25, 0.3) is 0 Å². The van der Waals surface area contributed by atoms with E-state index in [9.17, 15) is 4.39 Å². The minimum Gasteiger partial charge on any atom is -0.307 e. The molecule has 3 rings (SSSR count). The molecule has 0 bridgehead atoms. The van der Waals surface area contributed by atoms with Crippen LogP contribution in [0.3, 0.4) is 0 Å². The Kier molecular flexibility index (Phi) is 1.47. The largest absolute Gasteiger partial charge is 0.307 e. The van der Waals surface area contributed by atoms with Crippen LogP contribution in [0.5, 0.6) is 0 Å². The van der Waals surface area contributed by atoms with Gasteiger partial charge in [0, 0.05) is 17.6 Å².